The summed E-state index contributed by atoms with van der Waals surface area (Å²) in [7, 11) is 0. The Morgan fingerprint density at radius 1 is 0.885 bits per heavy atom. The van der Waals surface area contributed by atoms with Crippen LogP contribution in [0, 0.1) is 0 Å². The second-order valence-electron chi connectivity index (χ2n) is 6.61. The van der Waals surface area contributed by atoms with Gasteiger partial charge in [-0.05, 0) is 55.3 Å². The van der Waals surface area contributed by atoms with Gasteiger partial charge in [0, 0.05) is 18.7 Å². The maximum absolute atomic E-state index is 5.84. The lowest BCUT2D eigenvalue weighted by atomic mass is 10.0. The average Bonchev–Trinajstić information content (AvgIpc) is 2.64. The number of hydrogen-bond acceptors (Lipinski definition) is 3. The Bertz CT molecular complexity index is 840. The standard InChI is InChI=1S/C23H27NO2/c1-4-25-23-14-11-19-7-5-6-8-21(19)22(23)16-24-15-18-9-12-20(13-10-18)26-17(2)3/h5-14,17,24H,4,15-16H2,1-3H3. The summed E-state index contributed by atoms with van der Waals surface area (Å²) < 4.78 is 11.5. The van der Waals surface area contributed by atoms with Gasteiger partial charge in [-0.25, -0.2) is 0 Å². The van der Waals surface area contributed by atoms with Gasteiger partial charge in [0.1, 0.15) is 11.5 Å². The zero-order valence-electron chi connectivity index (χ0n) is 15.8. The molecule has 0 heterocycles. The molecule has 1 N–H and O–H groups in total. The zero-order valence-corrected chi connectivity index (χ0v) is 15.8. The number of ether oxygens (including phenoxy) is 2. The molecular formula is C23H27NO2. The van der Waals surface area contributed by atoms with Crippen molar-refractivity contribution in [2.24, 2.45) is 0 Å². The van der Waals surface area contributed by atoms with E-state index >= 15 is 0 Å². The molecule has 0 spiro atoms. The maximum Gasteiger partial charge on any atom is 0.124 e. The van der Waals surface area contributed by atoms with Crippen LogP contribution in [0.1, 0.15) is 31.9 Å². The number of hydrogen-bond donors (Lipinski definition) is 1. The molecule has 0 bridgehead atoms. The Hall–Kier alpha value is -2.52. The zero-order chi connectivity index (χ0) is 18.4. The predicted molar refractivity (Wildman–Crippen MR) is 108 cm³/mol. The molecule has 0 saturated carbocycles. The maximum atomic E-state index is 5.84. The predicted octanol–water partition coefficient (Wildman–Crippen LogP) is 5.32. The van der Waals surface area contributed by atoms with Gasteiger partial charge in [-0.3, -0.25) is 0 Å². The number of nitrogens with one attached hydrogen (secondary N) is 1. The van der Waals surface area contributed by atoms with E-state index in [4.69, 9.17) is 9.47 Å². The van der Waals surface area contributed by atoms with Crippen molar-refractivity contribution in [3.05, 3.63) is 71.8 Å². The van der Waals surface area contributed by atoms with E-state index in [9.17, 15) is 0 Å². The Morgan fingerprint density at radius 3 is 2.38 bits per heavy atom. The summed E-state index contributed by atoms with van der Waals surface area (Å²) >= 11 is 0. The lowest BCUT2D eigenvalue weighted by Crippen LogP contribution is -2.14. The molecule has 3 nitrogen and oxygen atoms in total. The Labute approximate surface area is 156 Å². The van der Waals surface area contributed by atoms with Gasteiger partial charge in [0.25, 0.3) is 0 Å². The third kappa shape index (κ3) is 4.55. The molecule has 0 atom stereocenters. The molecule has 3 aromatic carbocycles. The summed E-state index contributed by atoms with van der Waals surface area (Å²) in [5.74, 6) is 1.87. The topological polar surface area (TPSA) is 30.5 Å². The normalized spacial score (nSPS) is 11.1. The van der Waals surface area contributed by atoms with Gasteiger partial charge < -0.3 is 14.8 Å². The first-order chi connectivity index (χ1) is 12.7. The van der Waals surface area contributed by atoms with E-state index < -0.39 is 0 Å². The fraction of sp³-hybridized carbons (Fsp3) is 0.304. The van der Waals surface area contributed by atoms with Gasteiger partial charge in [0.15, 0.2) is 0 Å². The van der Waals surface area contributed by atoms with Crippen molar-refractivity contribution >= 4 is 10.8 Å². The minimum Gasteiger partial charge on any atom is -0.494 e. The second kappa shape index (κ2) is 8.72. The monoisotopic (exact) mass is 349 g/mol. The largest absolute Gasteiger partial charge is 0.494 e. The molecule has 0 fully saturated rings. The van der Waals surface area contributed by atoms with Crippen molar-refractivity contribution in [1.29, 1.82) is 0 Å². The summed E-state index contributed by atoms with van der Waals surface area (Å²) in [4.78, 5) is 0. The molecule has 3 rings (SSSR count). The molecule has 0 aliphatic carbocycles. The third-order valence-corrected chi connectivity index (χ3v) is 4.22. The van der Waals surface area contributed by atoms with Crippen LogP contribution >= 0.6 is 0 Å². The summed E-state index contributed by atoms with van der Waals surface area (Å²) in [6, 6.07) is 20.9. The van der Waals surface area contributed by atoms with Crippen LogP contribution in [0.5, 0.6) is 11.5 Å². The van der Waals surface area contributed by atoms with Crippen molar-refractivity contribution in [3.8, 4) is 11.5 Å². The number of rotatable bonds is 8. The summed E-state index contributed by atoms with van der Waals surface area (Å²) in [6.45, 7) is 8.33. The van der Waals surface area contributed by atoms with E-state index in [0.717, 1.165) is 24.6 Å². The fourth-order valence-electron chi connectivity index (χ4n) is 3.08. The van der Waals surface area contributed by atoms with Crippen molar-refractivity contribution in [2.75, 3.05) is 6.61 Å². The quantitative estimate of drug-likeness (QED) is 0.597. The smallest absolute Gasteiger partial charge is 0.124 e. The number of benzene rings is 3. The van der Waals surface area contributed by atoms with E-state index in [1.54, 1.807) is 0 Å². The molecule has 0 radical (unpaired) electrons. The van der Waals surface area contributed by atoms with Crippen molar-refractivity contribution in [3.63, 3.8) is 0 Å². The minimum absolute atomic E-state index is 0.197. The minimum atomic E-state index is 0.197. The molecule has 3 heteroatoms. The average molecular weight is 349 g/mol. The van der Waals surface area contributed by atoms with E-state index in [2.05, 4.69) is 53.8 Å². The molecule has 0 aromatic heterocycles. The highest BCUT2D eigenvalue weighted by molar-refractivity contribution is 5.87. The van der Waals surface area contributed by atoms with E-state index in [0.29, 0.717) is 6.61 Å². The van der Waals surface area contributed by atoms with Gasteiger partial charge in [0.2, 0.25) is 0 Å². The summed E-state index contributed by atoms with van der Waals surface area (Å²) in [5.41, 5.74) is 2.45. The SMILES string of the molecule is CCOc1ccc2ccccc2c1CNCc1ccc(OC(C)C)cc1. The molecule has 136 valence electrons. The molecule has 0 amide bonds. The van der Waals surface area contributed by atoms with Gasteiger partial charge in [-0.1, -0.05) is 42.5 Å². The third-order valence-electron chi connectivity index (χ3n) is 4.22. The van der Waals surface area contributed by atoms with Crippen LogP contribution in [0.3, 0.4) is 0 Å². The van der Waals surface area contributed by atoms with E-state index in [-0.39, 0.29) is 6.10 Å². The van der Waals surface area contributed by atoms with Gasteiger partial charge in [-0.2, -0.15) is 0 Å². The van der Waals surface area contributed by atoms with Gasteiger partial charge in [-0.15, -0.1) is 0 Å². The van der Waals surface area contributed by atoms with Crippen molar-refractivity contribution in [2.45, 2.75) is 40.0 Å². The first kappa shape index (κ1) is 18.3. The summed E-state index contributed by atoms with van der Waals surface area (Å²) in [5, 5.41) is 6.03. The van der Waals surface area contributed by atoms with Crippen molar-refractivity contribution in [1.82, 2.24) is 5.32 Å². The number of fused-ring (bicyclic) bond motifs is 1. The highest BCUT2D eigenvalue weighted by Gasteiger charge is 2.08. The lowest BCUT2D eigenvalue weighted by molar-refractivity contribution is 0.242. The molecule has 0 aliphatic rings. The highest BCUT2D eigenvalue weighted by atomic mass is 16.5. The lowest BCUT2D eigenvalue weighted by Gasteiger charge is -2.14. The second-order valence-corrected chi connectivity index (χ2v) is 6.61. The Balaban J connectivity index is 1.70. The van der Waals surface area contributed by atoms with Crippen LogP contribution in [-0.2, 0) is 13.1 Å². The molecule has 0 unspecified atom stereocenters. The molecule has 0 saturated heterocycles. The van der Waals surface area contributed by atoms with Crippen LogP contribution in [0.25, 0.3) is 10.8 Å². The summed E-state index contributed by atoms with van der Waals surface area (Å²) in [6.07, 6.45) is 0.197. The van der Waals surface area contributed by atoms with E-state index in [1.807, 2.05) is 32.9 Å². The van der Waals surface area contributed by atoms with Crippen LogP contribution in [0.2, 0.25) is 0 Å². The Kier molecular flexibility index (Phi) is 6.13. The van der Waals surface area contributed by atoms with E-state index in [1.165, 1.54) is 21.9 Å². The van der Waals surface area contributed by atoms with Crippen LogP contribution in [-0.4, -0.2) is 12.7 Å². The van der Waals surface area contributed by atoms with Crippen LogP contribution < -0.4 is 14.8 Å². The fourth-order valence-corrected chi connectivity index (χ4v) is 3.08. The Morgan fingerprint density at radius 2 is 1.65 bits per heavy atom. The van der Waals surface area contributed by atoms with Crippen LogP contribution in [0.4, 0.5) is 0 Å². The first-order valence-corrected chi connectivity index (χ1v) is 9.27. The van der Waals surface area contributed by atoms with Gasteiger partial charge in [0.05, 0.1) is 12.7 Å². The molecule has 0 aliphatic heterocycles. The molecule has 26 heavy (non-hydrogen) atoms. The van der Waals surface area contributed by atoms with Gasteiger partial charge >= 0.3 is 0 Å². The molecule has 3 aromatic rings. The molecular weight excluding hydrogens is 322 g/mol. The highest BCUT2D eigenvalue weighted by Crippen LogP contribution is 2.28. The first-order valence-electron chi connectivity index (χ1n) is 9.27. The van der Waals surface area contributed by atoms with Crippen LogP contribution in [0.15, 0.2) is 60.7 Å². The van der Waals surface area contributed by atoms with Crippen molar-refractivity contribution < 1.29 is 9.47 Å².